The maximum Gasteiger partial charge on any atom is 0.138 e. The number of hydrogen-bond donors (Lipinski definition) is 1. The van der Waals surface area contributed by atoms with Crippen molar-refractivity contribution in [2.75, 3.05) is 6.54 Å². The summed E-state index contributed by atoms with van der Waals surface area (Å²) in [5, 5.41) is 7.42. The summed E-state index contributed by atoms with van der Waals surface area (Å²) in [6.45, 7) is 14.9. The molecule has 1 rings (SSSR count). The Morgan fingerprint density at radius 3 is 2.38 bits per heavy atom. The van der Waals surface area contributed by atoms with E-state index in [1.807, 2.05) is 13.8 Å². The average molecular weight is 224 g/mol. The van der Waals surface area contributed by atoms with Gasteiger partial charge in [-0.25, -0.2) is 0 Å². The highest BCUT2D eigenvalue weighted by Gasteiger charge is 2.19. The molecule has 0 amide bonds. The highest BCUT2D eigenvalue weighted by Crippen LogP contribution is 2.24. The molecule has 0 aliphatic heterocycles. The molecule has 0 radical (unpaired) electrons. The monoisotopic (exact) mass is 224 g/mol. The lowest BCUT2D eigenvalue weighted by atomic mass is 9.82. The molecule has 0 saturated heterocycles. The molecule has 92 valence electrons. The van der Waals surface area contributed by atoms with Crippen molar-refractivity contribution >= 4 is 0 Å². The first-order valence-electron chi connectivity index (χ1n) is 5.95. The second-order valence-electron chi connectivity index (χ2n) is 5.70. The van der Waals surface area contributed by atoms with E-state index >= 15 is 0 Å². The third-order valence-corrected chi connectivity index (χ3v) is 3.41. The molecule has 0 bridgehead atoms. The molecule has 1 N–H and O–H groups in total. The Balaban J connectivity index is 2.42. The summed E-state index contributed by atoms with van der Waals surface area (Å²) < 4.78 is 5.13. The summed E-state index contributed by atoms with van der Waals surface area (Å²) in [7, 11) is 0. The van der Waals surface area contributed by atoms with E-state index < -0.39 is 0 Å². The van der Waals surface area contributed by atoms with Crippen molar-refractivity contribution in [1.29, 1.82) is 0 Å². The zero-order valence-corrected chi connectivity index (χ0v) is 11.3. The largest absolute Gasteiger partial charge is 0.361 e. The van der Waals surface area contributed by atoms with Gasteiger partial charge in [-0.3, -0.25) is 0 Å². The summed E-state index contributed by atoms with van der Waals surface area (Å²) in [6.07, 6.45) is 0. The number of rotatable bonds is 4. The molecule has 1 unspecified atom stereocenters. The summed E-state index contributed by atoms with van der Waals surface area (Å²) in [4.78, 5) is 0. The average Bonchev–Trinajstić information content (AvgIpc) is 2.47. The predicted molar refractivity (Wildman–Crippen MR) is 66.3 cm³/mol. The molecule has 0 aliphatic rings. The van der Waals surface area contributed by atoms with Crippen molar-refractivity contribution in [1.82, 2.24) is 10.5 Å². The number of hydrogen-bond acceptors (Lipinski definition) is 3. The number of aryl methyl sites for hydroxylation is 2. The molecular weight excluding hydrogens is 200 g/mol. The van der Waals surface area contributed by atoms with Gasteiger partial charge in [0.1, 0.15) is 5.76 Å². The maximum atomic E-state index is 5.13. The van der Waals surface area contributed by atoms with Crippen LogP contribution in [0.2, 0.25) is 0 Å². The molecule has 16 heavy (non-hydrogen) atoms. The van der Waals surface area contributed by atoms with Gasteiger partial charge in [0.2, 0.25) is 0 Å². The van der Waals surface area contributed by atoms with Gasteiger partial charge in [0.15, 0.2) is 0 Å². The van der Waals surface area contributed by atoms with Gasteiger partial charge in [-0.1, -0.05) is 32.9 Å². The van der Waals surface area contributed by atoms with Gasteiger partial charge in [-0.15, -0.1) is 0 Å². The molecule has 0 spiro atoms. The van der Waals surface area contributed by atoms with Gasteiger partial charge in [0.25, 0.3) is 0 Å². The van der Waals surface area contributed by atoms with Crippen molar-refractivity contribution in [3.8, 4) is 0 Å². The van der Waals surface area contributed by atoms with Gasteiger partial charge >= 0.3 is 0 Å². The number of nitrogens with one attached hydrogen (secondary N) is 1. The fourth-order valence-electron chi connectivity index (χ4n) is 1.47. The van der Waals surface area contributed by atoms with Crippen LogP contribution in [0.25, 0.3) is 0 Å². The Morgan fingerprint density at radius 1 is 1.31 bits per heavy atom. The Hall–Kier alpha value is -0.830. The van der Waals surface area contributed by atoms with Crippen molar-refractivity contribution in [2.24, 2.45) is 11.3 Å². The van der Waals surface area contributed by atoms with Gasteiger partial charge in [0, 0.05) is 12.1 Å². The molecule has 3 nitrogen and oxygen atoms in total. The maximum absolute atomic E-state index is 5.13. The van der Waals surface area contributed by atoms with Crippen LogP contribution in [0.3, 0.4) is 0 Å². The van der Waals surface area contributed by atoms with E-state index in [0.29, 0.717) is 11.3 Å². The van der Waals surface area contributed by atoms with E-state index in [1.165, 1.54) is 5.56 Å². The SMILES string of the molecule is Cc1noc(C)c1CNCC(C)C(C)(C)C. The summed E-state index contributed by atoms with van der Waals surface area (Å²) in [5.74, 6) is 1.57. The lowest BCUT2D eigenvalue weighted by Gasteiger charge is -2.27. The third-order valence-electron chi connectivity index (χ3n) is 3.41. The zero-order chi connectivity index (χ0) is 12.3. The molecule has 0 saturated carbocycles. The van der Waals surface area contributed by atoms with Crippen LogP contribution in [0, 0.1) is 25.2 Å². The summed E-state index contributed by atoms with van der Waals surface area (Å²) in [6, 6.07) is 0. The van der Waals surface area contributed by atoms with Crippen LogP contribution in [0.15, 0.2) is 4.52 Å². The Morgan fingerprint density at radius 2 is 1.94 bits per heavy atom. The molecule has 0 aliphatic carbocycles. The number of aromatic nitrogens is 1. The first kappa shape index (κ1) is 13.2. The van der Waals surface area contributed by atoms with E-state index in [9.17, 15) is 0 Å². The molecule has 0 fully saturated rings. The highest BCUT2D eigenvalue weighted by atomic mass is 16.5. The molecular formula is C13H24N2O. The zero-order valence-electron chi connectivity index (χ0n) is 11.3. The summed E-state index contributed by atoms with van der Waals surface area (Å²) in [5.41, 5.74) is 2.54. The first-order valence-corrected chi connectivity index (χ1v) is 5.95. The Labute approximate surface area is 98.6 Å². The van der Waals surface area contributed by atoms with E-state index in [-0.39, 0.29) is 0 Å². The molecule has 1 heterocycles. The van der Waals surface area contributed by atoms with Crippen molar-refractivity contribution in [3.63, 3.8) is 0 Å². The van der Waals surface area contributed by atoms with E-state index in [0.717, 1.165) is 24.5 Å². The van der Waals surface area contributed by atoms with Crippen LogP contribution in [-0.2, 0) is 6.54 Å². The standard InChI is InChI=1S/C13H24N2O/c1-9(13(4,5)6)7-14-8-12-10(2)15-16-11(12)3/h9,14H,7-8H2,1-6H3. The molecule has 3 heteroatoms. The van der Waals surface area contributed by atoms with E-state index in [2.05, 4.69) is 38.2 Å². The van der Waals surface area contributed by atoms with Crippen molar-refractivity contribution in [2.45, 2.75) is 48.1 Å². The van der Waals surface area contributed by atoms with E-state index in [1.54, 1.807) is 0 Å². The predicted octanol–water partition coefficient (Wildman–Crippen LogP) is 3.06. The van der Waals surface area contributed by atoms with Crippen LogP contribution in [0.4, 0.5) is 0 Å². The molecule has 1 atom stereocenters. The lowest BCUT2D eigenvalue weighted by molar-refractivity contribution is 0.252. The molecule has 0 aromatic carbocycles. The lowest BCUT2D eigenvalue weighted by Crippen LogP contribution is -2.29. The van der Waals surface area contributed by atoms with Crippen LogP contribution >= 0.6 is 0 Å². The van der Waals surface area contributed by atoms with Gasteiger partial charge in [-0.05, 0) is 31.7 Å². The van der Waals surface area contributed by atoms with Gasteiger partial charge in [-0.2, -0.15) is 0 Å². The first-order chi connectivity index (χ1) is 7.32. The van der Waals surface area contributed by atoms with Crippen molar-refractivity contribution < 1.29 is 4.52 Å². The van der Waals surface area contributed by atoms with E-state index in [4.69, 9.17) is 4.52 Å². The van der Waals surface area contributed by atoms with Crippen LogP contribution in [0.1, 0.15) is 44.7 Å². The van der Waals surface area contributed by atoms with Crippen LogP contribution < -0.4 is 5.32 Å². The second-order valence-corrected chi connectivity index (χ2v) is 5.70. The van der Waals surface area contributed by atoms with Crippen LogP contribution in [0.5, 0.6) is 0 Å². The third kappa shape index (κ3) is 3.34. The smallest absolute Gasteiger partial charge is 0.138 e. The Bertz CT molecular complexity index is 317. The minimum absolute atomic E-state index is 0.353. The minimum Gasteiger partial charge on any atom is -0.361 e. The fraction of sp³-hybridized carbons (Fsp3) is 0.769. The van der Waals surface area contributed by atoms with Crippen molar-refractivity contribution in [3.05, 3.63) is 17.0 Å². The normalized spacial score (nSPS) is 14.1. The molecule has 1 aromatic heterocycles. The second kappa shape index (κ2) is 5.00. The fourth-order valence-corrected chi connectivity index (χ4v) is 1.47. The quantitative estimate of drug-likeness (QED) is 0.854. The Kier molecular flexibility index (Phi) is 4.14. The van der Waals surface area contributed by atoms with Gasteiger partial charge < -0.3 is 9.84 Å². The number of nitrogens with zero attached hydrogens (tertiary/aromatic N) is 1. The highest BCUT2D eigenvalue weighted by molar-refractivity contribution is 5.20. The molecule has 1 aromatic rings. The minimum atomic E-state index is 0.353. The summed E-state index contributed by atoms with van der Waals surface area (Å²) >= 11 is 0. The van der Waals surface area contributed by atoms with Crippen LogP contribution in [-0.4, -0.2) is 11.7 Å². The topological polar surface area (TPSA) is 38.1 Å². The van der Waals surface area contributed by atoms with Gasteiger partial charge in [0.05, 0.1) is 5.69 Å².